The zero-order valence-corrected chi connectivity index (χ0v) is 13.6. The van der Waals surface area contributed by atoms with Crippen molar-refractivity contribution < 1.29 is 9.59 Å². The van der Waals surface area contributed by atoms with Gasteiger partial charge in [-0.3, -0.25) is 14.5 Å². The Bertz CT molecular complexity index is 544. The lowest BCUT2D eigenvalue weighted by Crippen LogP contribution is -2.41. The fourth-order valence-corrected chi connectivity index (χ4v) is 3.04. The summed E-state index contributed by atoms with van der Waals surface area (Å²) in [6.45, 7) is 9.96. The molecular weight excluding hydrogens is 262 g/mol. The van der Waals surface area contributed by atoms with Gasteiger partial charge in [-0.05, 0) is 43.4 Å². The molecule has 1 saturated heterocycles. The third kappa shape index (κ3) is 2.74. The number of nitrogens with zero attached hydrogens (tertiary/aromatic N) is 1. The Balaban J connectivity index is 2.27. The van der Waals surface area contributed by atoms with Crippen LogP contribution in [0, 0.1) is 25.7 Å². The molecule has 114 valence electrons. The number of hydrogen-bond acceptors (Lipinski definition) is 2. The average molecular weight is 287 g/mol. The number of benzene rings is 1. The molecule has 0 aliphatic carbocycles. The van der Waals surface area contributed by atoms with Crippen LogP contribution in [0.5, 0.6) is 0 Å². The Morgan fingerprint density at radius 1 is 1.10 bits per heavy atom. The largest absolute Gasteiger partial charge is 0.279 e. The lowest BCUT2D eigenvalue weighted by molar-refractivity contribution is -0.142. The van der Waals surface area contributed by atoms with Crippen LogP contribution in [-0.2, 0) is 16.0 Å². The second-order valence-electron chi connectivity index (χ2n) is 6.25. The van der Waals surface area contributed by atoms with Crippen molar-refractivity contribution in [3.8, 4) is 0 Å². The zero-order valence-electron chi connectivity index (χ0n) is 13.6. The van der Waals surface area contributed by atoms with Gasteiger partial charge in [0.2, 0.25) is 11.8 Å². The minimum atomic E-state index is -0.190. The van der Waals surface area contributed by atoms with Crippen LogP contribution in [0.4, 0.5) is 0 Å². The van der Waals surface area contributed by atoms with Crippen LogP contribution in [0.1, 0.15) is 43.9 Å². The summed E-state index contributed by atoms with van der Waals surface area (Å²) in [6, 6.07) is 6.21. The maximum Gasteiger partial charge on any atom is 0.233 e. The molecule has 2 rings (SSSR count). The van der Waals surface area contributed by atoms with Crippen molar-refractivity contribution in [2.24, 2.45) is 11.8 Å². The molecule has 1 heterocycles. The highest BCUT2D eigenvalue weighted by atomic mass is 16.2. The van der Waals surface area contributed by atoms with Crippen molar-refractivity contribution >= 4 is 11.8 Å². The van der Waals surface area contributed by atoms with E-state index < -0.39 is 0 Å². The van der Waals surface area contributed by atoms with E-state index in [1.807, 2.05) is 26.8 Å². The van der Waals surface area contributed by atoms with E-state index in [-0.39, 0.29) is 29.7 Å². The Morgan fingerprint density at radius 2 is 1.67 bits per heavy atom. The van der Waals surface area contributed by atoms with Crippen molar-refractivity contribution in [1.82, 2.24) is 4.90 Å². The van der Waals surface area contributed by atoms with E-state index in [4.69, 9.17) is 0 Å². The molecule has 0 spiro atoms. The summed E-state index contributed by atoms with van der Waals surface area (Å²) in [6.07, 6.45) is 1.55. The number of rotatable bonds is 4. The van der Waals surface area contributed by atoms with Gasteiger partial charge >= 0.3 is 0 Å². The minimum absolute atomic E-state index is 0.00958. The fourth-order valence-electron chi connectivity index (χ4n) is 3.04. The Labute approximate surface area is 127 Å². The van der Waals surface area contributed by atoms with Gasteiger partial charge in [-0.25, -0.2) is 0 Å². The van der Waals surface area contributed by atoms with Gasteiger partial charge < -0.3 is 0 Å². The van der Waals surface area contributed by atoms with E-state index in [0.717, 1.165) is 12.8 Å². The van der Waals surface area contributed by atoms with E-state index in [1.54, 1.807) is 0 Å². The van der Waals surface area contributed by atoms with Gasteiger partial charge in [0.05, 0.1) is 0 Å². The quantitative estimate of drug-likeness (QED) is 0.797. The number of hydrogen-bond donors (Lipinski definition) is 0. The molecule has 1 aliphatic heterocycles. The third-order valence-corrected chi connectivity index (χ3v) is 5.01. The predicted molar refractivity (Wildman–Crippen MR) is 83.9 cm³/mol. The molecule has 3 unspecified atom stereocenters. The van der Waals surface area contributed by atoms with Crippen LogP contribution in [0.15, 0.2) is 18.2 Å². The maximum atomic E-state index is 12.4. The molecular formula is C18H25NO2. The van der Waals surface area contributed by atoms with Crippen molar-refractivity contribution in [1.29, 1.82) is 0 Å². The highest BCUT2D eigenvalue weighted by molar-refractivity contribution is 6.05. The summed E-state index contributed by atoms with van der Waals surface area (Å²) in [7, 11) is 0. The normalized spacial score (nSPS) is 23.8. The minimum Gasteiger partial charge on any atom is -0.279 e. The second kappa shape index (κ2) is 6.00. The monoisotopic (exact) mass is 287 g/mol. The van der Waals surface area contributed by atoms with E-state index in [9.17, 15) is 9.59 Å². The van der Waals surface area contributed by atoms with E-state index in [1.165, 1.54) is 21.6 Å². The zero-order chi connectivity index (χ0) is 15.7. The summed E-state index contributed by atoms with van der Waals surface area (Å²) < 4.78 is 0. The summed E-state index contributed by atoms with van der Waals surface area (Å²) in [5.41, 5.74) is 3.74. The molecule has 0 N–H and O–H groups in total. The molecule has 1 aromatic carbocycles. The topological polar surface area (TPSA) is 37.4 Å². The second-order valence-corrected chi connectivity index (χ2v) is 6.25. The van der Waals surface area contributed by atoms with Crippen LogP contribution in [0.2, 0.25) is 0 Å². The smallest absolute Gasteiger partial charge is 0.233 e. The number of imide groups is 1. The molecule has 0 radical (unpaired) electrons. The number of aryl methyl sites for hydroxylation is 1. The summed E-state index contributed by atoms with van der Waals surface area (Å²) in [4.78, 5) is 26.3. The molecule has 3 heteroatoms. The van der Waals surface area contributed by atoms with Gasteiger partial charge in [0.1, 0.15) is 0 Å². The molecule has 1 aromatic rings. The number of carbonyl (C=O) groups is 2. The van der Waals surface area contributed by atoms with Crippen LogP contribution in [-0.4, -0.2) is 22.8 Å². The summed E-state index contributed by atoms with van der Waals surface area (Å²) in [5.74, 6) is -0.398. The third-order valence-electron chi connectivity index (χ3n) is 5.01. The first kappa shape index (κ1) is 15.7. The molecule has 0 aromatic heterocycles. The first-order chi connectivity index (χ1) is 9.88. The predicted octanol–water partition coefficient (Wildman–Crippen LogP) is 3.27. The fraction of sp³-hybridized carbons (Fsp3) is 0.556. The van der Waals surface area contributed by atoms with Crippen molar-refractivity contribution in [3.05, 3.63) is 34.9 Å². The maximum absolute atomic E-state index is 12.4. The van der Waals surface area contributed by atoms with Gasteiger partial charge in [0.25, 0.3) is 0 Å². The summed E-state index contributed by atoms with van der Waals surface area (Å²) in [5, 5.41) is 0. The molecule has 1 fully saturated rings. The highest BCUT2D eigenvalue weighted by Gasteiger charge is 2.44. The van der Waals surface area contributed by atoms with Crippen molar-refractivity contribution in [2.75, 3.05) is 0 Å². The molecule has 2 amide bonds. The lowest BCUT2D eigenvalue weighted by atomic mass is 9.96. The van der Waals surface area contributed by atoms with Gasteiger partial charge in [-0.15, -0.1) is 0 Å². The van der Waals surface area contributed by atoms with E-state index in [0.29, 0.717) is 0 Å². The van der Waals surface area contributed by atoms with E-state index >= 15 is 0 Å². The molecule has 0 bridgehead atoms. The average Bonchev–Trinajstić information content (AvgIpc) is 2.65. The van der Waals surface area contributed by atoms with Gasteiger partial charge in [-0.1, -0.05) is 39.0 Å². The first-order valence-electron chi connectivity index (χ1n) is 7.80. The van der Waals surface area contributed by atoms with Crippen LogP contribution < -0.4 is 0 Å². The Hall–Kier alpha value is -1.64. The Morgan fingerprint density at radius 3 is 2.19 bits per heavy atom. The molecule has 3 atom stereocenters. The number of amides is 2. The van der Waals surface area contributed by atoms with Crippen LogP contribution in [0.3, 0.4) is 0 Å². The number of likely N-dealkylation sites (tertiary alicyclic amines) is 1. The summed E-state index contributed by atoms with van der Waals surface area (Å²) >= 11 is 0. The standard InChI is InChI=1S/C18H25NO2/c1-6-16(10-15-9-7-8-11(2)12(15)3)19-17(20)13(4)14(5)18(19)21/h7-9,13-14,16H,6,10H2,1-5H3. The molecule has 21 heavy (non-hydrogen) atoms. The van der Waals surface area contributed by atoms with E-state index in [2.05, 4.69) is 26.0 Å². The van der Waals surface area contributed by atoms with Crippen molar-refractivity contribution in [3.63, 3.8) is 0 Å². The van der Waals surface area contributed by atoms with Crippen LogP contribution in [0.25, 0.3) is 0 Å². The van der Waals surface area contributed by atoms with Gasteiger partial charge in [-0.2, -0.15) is 0 Å². The molecule has 0 saturated carbocycles. The highest BCUT2D eigenvalue weighted by Crippen LogP contribution is 2.29. The van der Waals surface area contributed by atoms with Crippen LogP contribution >= 0.6 is 0 Å². The molecule has 1 aliphatic rings. The Kier molecular flexibility index (Phi) is 4.50. The number of carbonyl (C=O) groups excluding carboxylic acids is 2. The SMILES string of the molecule is CCC(Cc1cccc(C)c1C)N1C(=O)C(C)C(C)C1=O. The first-order valence-corrected chi connectivity index (χ1v) is 7.80. The lowest BCUT2D eigenvalue weighted by Gasteiger charge is -2.26. The van der Waals surface area contributed by atoms with Crippen molar-refractivity contribution in [2.45, 2.75) is 53.5 Å². The van der Waals surface area contributed by atoms with Gasteiger partial charge in [0, 0.05) is 17.9 Å². The van der Waals surface area contributed by atoms with Gasteiger partial charge in [0.15, 0.2) is 0 Å². The molecule has 3 nitrogen and oxygen atoms in total.